The number of halogens is 1. The van der Waals surface area contributed by atoms with E-state index in [4.69, 9.17) is 11.6 Å². The highest BCUT2D eigenvalue weighted by molar-refractivity contribution is 6.31. The van der Waals surface area contributed by atoms with Crippen molar-refractivity contribution in [1.82, 2.24) is 5.32 Å². The number of hydrogen-bond acceptors (Lipinski definition) is 2. The Bertz CT molecular complexity index is 539. The van der Waals surface area contributed by atoms with E-state index < -0.39 is 5.41 Å². The van der Waals surface area contributed by atoms with Crippen LogP contribution in [0.5, 0.6) is 0 Å². The van der Waals surface area contributed by atoms with Crippen LogP contribution in [0.3, 0.4) is 0 Å². The van der Waals surface area contributed by atoms with Crippen LogP contribution in [0.25, 0.3) is 0 Å². The van der Waals surface area contributed by atoms with Crippen LogP contribution in [0.4, 0.5) is 5.69 Å². The predicted octanol–water partition coefficient (Wildman–Crippen LogP) is 2.89. The molecule has 0 aliphatic heterocycles. The Morgan fingerprint density at radius 1 is 1.30 bits per heavy atom. The Kier molecular flexibility index (Phi) is 4.33. The molecule has 108 valence electrons. The second-order valence-corrected chi connectivity index (χ2v) is 5.61. The highest BCUT2D eigenvalue weighted by Gasteiger charge is 2.56. The van der Waals surface area contributed by atoms with Gasteiger partial charge in [-0.05, 0) is 43.9 Å². The first-order chi connectivity index (χ1) is 9.51. The fourth-order valence-corrected chi connectivity index (χ4v) is 2.25. The summed E-state index contributed by atoms with van der Waals surface area (Å²) in [5.74, 6) is -0.409. The average molecular weight is 295 g/mol. The summed E-state index contributed by atoms with van der Waals surface area (Å²) >= 11 is 6.03. The molecule has 2 rings (SSSR count). The molecule has 1 fully saturated rings. The van der Waals surface area contributed by atoms with Crippen LogP contribution in [0.2, 0.25) is 5.02 Å². The van der Waals surface area contributed by atoms with Gasteiger partial charge in [-0.15, -0.1) is 0 Å². The molecule has 4 nitrogen and oxygen atoms in total. The molecule has 1 aromatic carbocycles. The molecule has 5 heteroatoms. The minimum Gasteiger partial charge on any atom is -0.355 e. The first kappa shape index (κ1) is 14.9. The third-order valence-corrected chi connectivity index (χ3v) is 4.08. The zero-order valence-electron chi connectivity index (χ0n) is 11.8. The van der Waals surface area contributed by atoms with E-state index in [0.29, 0.717) is 30.1 Å². The Labute approximate surface area is 123 Å². The average Bonchev–Trinajstić information content (AvgIpc) is 3.23. The van der Waals surface area contributed by atoms with Crippen molar-refractivity contribution in [2.24, 2.45) is 5.41 Å². The second-order valence-electron chi connectivity index (χ2n) is 5.20. The summed E-state index contributed by atoms with van der Waals surface area (Å²) in [6.07, 6.45) is 2.07. The molecule has 0 aromatic heterocycles. The van der Waals surface area contributed by atoms with Gasteiger partial charge in [-0.2, -0.15) is 0 Å². The van der Waals surface area contributed by atoms with Crippen LogP contribution < -0.4 is 10.6 Å². The lowest BCUT2D eigenvalue weighted by Crippen LogP contribution is -2.40. The minimum atomic E-state index is -0.885. The molecule has 0 heterocycles. The fourth-order valence-electron chi connectivity index (χ4n) is 2.07. The van der Waals surface area contributed by atoms with Gasteiger partial charge in [-0.1, -0.05) is 24.6 Å². The van der Waals surface area contributed by atoms with E-state index in [2.05, 4.69) is 10.6 Å². The summed E-state index contributed by atoms with van der Waals surface area (Å²) in [5.41, 5.74) is 0.591. The third-order valence-electron chi connectivity index (χ3n) is 3.67. The normalized spacial score (nSPS) is 15.6. The topological polar surface area (TPSA) is 58.2 Å². The number of benzene rings is 1. The third kappa shape index (κ3) is 2.80. The molecule has 1 aromatic rings. The highest BCUT2D eigenvalue weighted by atomic mass is 35.5. The van der Waals surface area contributed by atoms with Crippen LogP contribution >= 0.6 is 11.6 Å². The molecule has 2 N–H and O–H groups in total. The second kappa shape index (κ2) is 5.83. The fraction of sp³-hybridized carbons (Fsp3) is 0.467. The van der Waals surface area contributed by atoms with Crippen molar-refractivity contribution in [3.05, 3.63) is 28.8 Å². The summed E-state index contributed by atoms with van der Waals surface area (Å²) in [6, 6.07) is 5.34. The van der Waals surface area contributed by atoms with E-state index in [9.17, 15) is 9.59 Å². The maximum atomic E-state index is 12.3. The van der Waals surface area contributed by atoms with Gasteiger partial charge in [0.25, 0.3) is 0 Å². The molecular weight excluding hydrogens is 276 g/mol. The Hall–Kier alpha value is -1.55. The molecule has 0 atom stereocenters. The Morgan fingerprint density at radius 3 is 2.60 bits per heavy atom. The molecular formula is C15H19ClN2O2. The van der Waals surface area contributed by atoms with Crippen LogP contribution in [0.15, 0.2) is 18.2 Å². The van der Waals surface area contributed by atoms with E-state index in [-0.39, 0.29) is 11.8 Å². The molecule has 1 aliphatic carbocycles. The van der Waals surface area contributed by atoms with Crippen LogP contribution in [-0.2, 0) is 9.59 Å². The van der Waals surface area contributed by atoms with Crippen molar-refractivity contribution < 1.29 is 9.59 Å². The molecule has 0 saturated heterocycles. The van der Waals surface area contributed by atoms with Crippen molar-refractivity contribution in [3.8, 4) is 0 Å². The van der Waals surface area contributed by atoms with Gasteiger partial charge >= 0.3 is 0 Å². The molecule has 1 aliphatic rings. The monoisotopic (exact) mass is 294 g/mol. The Balaban J connectivity index is 2.08. The largest absolute Gasteiger partial charge is 0.355 e. The first-order valence-electron chi connectivity index (χ1n) is 6.86. The van der Waals surface area contributed by atoms with E-state index >= 15 is 0 Å². The molecule has 0 spiro atoms. The number of rotatable bonds is 5. The predicted molar refractivity (Wildman–Crippen MR) is 79.8 cm³/mol. The number of carbonyl (C=O) groups excluding carboxylic acids is 2. The van der Waals surface area contributed by atoms with Gasteiger partial charge in [0.2, 0.25) is 11.8 Å². The van der Waals surface area contributed by atoms with Gasteiger partial charge in [0.05, 0.1) is 0 Å². The lowest BCUT2D eigenvalue weighted by atomic mass is 10.0. The molecule has 0 unspecified atom stereocenters. The maximum Gasteiger partial charge on any atom is 0.240 e. The summed E-state index contributed by atoms with van der Waals surface area (Å²) in [6.45, 7) is 4.42. The smallest absolute Gasteiger partial charge is 0.240 e. The van der Waals surface area contributed by atoms with Crippen molar-refractivity contribution in [2.45, 2.75) is 33.1 Å². The molecule has 20 heavy (non-hydrogen) atoms. The molecule has 0 radical (unpaired) electrons. The van der Waals surface area contributed by atoms with Crippen LogP contribution in [0.1, 0.15) is 31.7 Å². The van der Waals surface area contributed by atoms with Crippen molar-refractivity contribution in [1.29, 1.82) is 0 Å². The van der Waals surface area contributed by atoms with Gasteiger partial charge in [-0.25, -0.2) is 0 Å². The van der Waals surface area contributed by atoms with Crippen LogP contribution in [0, 0.1) is 12.3 Å². The lowest BCUT2D eigenvalue weighted by molar-refractivity contribution is -0.134. The summed E-state index contributed by atoms with van der Waals surface area (Å²) in [5, 5.41) is 6.23. The quantitative estimate of drug-likeness (QED) is 0.820. The zero-order valence-corrected chi connectivity index (χ0v) is 12.5. The number of carbonyl (C=O) groups is 2. The summed E-state index contributed by atoms with van der Waals surface area (Å²) in [4.78, 5) is 24.4. The number of anilines is 1. The van der Waals surface area contributed by atoms with Crippen molar-refractivity contribution >= 4 is 29.1 Å². The van der Waals surface area contributed by atoms with Crippen molar-refractivity contribution in [2.75, 3.05) is 11.9 Å². The van der Waals surface area contributed by atoms with E-state index in [1.807, 2.05) is 13.8 Å². The Morgan fingerprint density at radius 2 is 2.00 bits per heavy atom. The number of nitrogens with one attached hydrogen (secondary N) is 2. The van der Waals surface area contributed by atoms with E-state index in [1.165, 1.54) is 0 Å². The lowest BCUT2D eigenvalue weighted by Gasteiger charge is -2.16. The standard InChI is InChI=1S/C15H19ClN2O2/c1-3-9-17-13(19)15(7-8-15)14(20)18-12-6-4-5-11(16)10(12)2/h4-6H,3,7-9H2,1-2H3,(H,17,19)(H,18,20). The highest BCUT2D eigenvalue weighted by Crippen LogP contribution is 2.47. The van der Waals surface area contributed by atoms with Gasteiger partial charge in [0.1, 0.15) is 5.41 Å². The maximum absolute atomic E-state index is 12.3. The molecule has 1 saturated carbocycles. The van der Waals surface area contributed by atoms with Crippen molar-refractivity contribution in [3.63, 3.8) is 0 Å². The SMILES string of the molecule is CCCNC(=O)C1(C(=O)Nc2cccc(Cl)c2C)CC1. The summed E-state index contributed by atoms with van der Waals surface area (Å²) < 4.78 is 0. The number of amides is 2. The van der Waals surface area contributed by atoms with Crippen LogP contribution in [-0.4, -0.2) is 18.4 Å². The minimum absolute atomic E-state index is 0.170. The molecule has 2 amide bonds. The summed E-state index contributed by atoms with van der Waals surface area (Å²) in [7, 11) is 0. The molecule has 0 bridgehead atoms. The van der Waals surface area contributed by atoms with Gasteiger partial charge < -0.3 is 10.6 Å². The van der Waals surface area contributed by atoms with Gasteiger partial charge in [-0.3, -0.25) is 9.59 Å². The van der Waals surface area contributed by atoms with E-state index in [1.54, 1.807) is 18.2 Å². The zero-order chi connectivity index (χ0) is 14.8. The van der Waals surface area contributed by atoms with E-state index in [0.717, 1.165) is 12.0 Å². The first-order valence-corrected chi connectivity index (χ1v) is 7.24. The van der Waals surface area contributed by atoms with Gasteiger partial charge in [0.15, 0.2) is 0 Å². The number of hydrogen-bond donors (Lipinski definition) is 2. The van der Waals surface area contributed by atoms with Gasteiger partial charge in [0, 0.05) is 17.3 Å².